The predicted molar refractivity (Wildman–Crippen MR) is 74.0 cm³/mol. The van der Waals surface area contributed by atoms with Crippen molar-refractivity contribution < 1.29 is 13.2 Å². The van der Waals surface area contributed by atoms with E-state index in [9.17, 15) is 13.2 Å². The monoisotopic (exact) mass is 313 g/mol. The lowest BCUT2D eigenvalue weighted by molar-refractivity contribution is -0.156. The summed E-state index contributed by atoms with van der Waals surface area (Å²) in [6, 6.07) is 3.94. The fourth-order valence-electron chi connectivity index (χ4n) is 2.86. The zero-order valence-corrected chi connectivity index (χ0v) is 12.3. The maximum atomic E-state index is 13.0. The SMILES string of the molecule is Cn1cccc1CNCc1nnc2n1CCC[C@@H]2C(F)(F)F. The molecule has 0 saturated carbocycles. The summed E-state index contributed by atoms with van der Waals surface area (Å²) in [4.78, 5) is 0. The van der Waals surface area contributed by atoms with Crippen molar-refractivity contribution in [2.75, 3.05) is 0 Å². The van der Waals surface area contributed by atoms with E-state index in [0.717, 1.165) is 5.69 Å². The third-order valence-corrected chi connectivity index (χ3v) is 4.08. The molecule has 0 aromatic carbocycles. The second kappa shape index (κ2) is 5.75. The maximum Gasteiger partial charge on any atom is 0.398 e. The smallest absolute Gasteiger partial charge is 0.353 e. The van der Waals surface area contributed by atoms with Crippen LogP contribution in [0.15, 0.2) is 18.3 Å². The van der Waals surface area contributed by atoms with E-state index in [2.05, 4.69) is 15.5 Å². The highest BCUT2D eigenvalue weighted by Crippen LogP contribution is 2.40. The molecule has 2 aromatic rings. The molecule has 1 atom stereocenters. The number of nitrogens with zero attached hydrogens (tertiary/aromatic N) is 4. The van der Waals surface area contributed by atoms with E-state index in [1.807, 2.05) is 29.9 Å². The molecular formula is C14H18F3N5. The van der Waals surface area contributed by atoms with Gasteiger partial charge in [-0.25, -0.2) is 0 Å². The molecule has 0 bridgehead atoms. The number of nitrogens with one attached hydrogen (secondary N) is 1. The Morgan fingerprint density at radius 1 is 1.32 bits per heavy atom. The van der Waals surface area contributed by atoms with Crippen molar-refractivity contribution >= 4 is 0 Å². The van der Waals surface area contributed by atoms with Gasteiger partial charge >= 0.3 is 6.18 Å². The van der Waals surface area contributed by atoms with Crippen LogP contribution in [0.25, 0.3) is 0 Å². The number of rotatable bonds is 4. The Labute approximate surface area is 126 Å². The highest BCUT2D eigenvalue weighted by Gasteiger charge is 2.45. The standard InChI is InChI=1S/C14H18F3N5/c1-21-6-2-4-10(21)8-18-9-12-19-20-13-11(14(15,16)17)5-3-7-22(12)13/h2,4,6,11,18H,3,5,7-9H2,1H3/t11-/m0/s1. The van der Waals surface area contributed by atoms with Crippen LogP contribution >= 0.6 is 0 Å². The van der Waals surface area contributed by atoms with Gasteiger partial charge in [0.15, 0.2) is 0 Å². The first kappa shape index (κ1) is 15.1. The molecular weight excluding hydrogens is 295 g/mol. The molecule has 0 radical (unpaired) electrons. The van der Waals surface area contributed by atoms with Crippen molar-refractivity contribution in [2.45, 2.75) is 44.6 Å². The summed E-state index contributed by atoms with van der Waals surface area (Å²) in [5.74, 6) is -0.872. The molecule has 120 valence electrons. The summed E-state index contributed by atoms with van der Waals surface area (Å²) < 4.78 is 42.6. The van der Waals surface area contributed by atoms with Gasteiger partial charge in [0.1, 0.15) is 17.6 Å². The Kier molecular flexibility index (Phi) is 3.94. The van der Waals surface area contributed by atoms with Crippen molar-refractivity contribution in [3.8, 4) is 0 Å². The molecule has 2 aromatic heterocycles. The van der Waals surface area contributed by atoms with Crippen molar-refractivity contribution in [3.05, 3.63) is 35.7 Å². The quantitative estimate of drug-likeness (QED) is 0.942. The zero-order chi connectivity index (χ0) is 15.7. The van der Waals surface area contributed by atoms with Crippen LogP contribution in [0.2, 0.25) is 0 Å². The van der Waals surface area contributed by atoms with Crippen molar-refractivity contribution in [2.24, 2.45) is 7.05 Å². The number of aromatic nitrogens is 4. The highest BCUT2D eigenvalue weighted by atomic mass is 19.4. The Morgan fingerprint density at radius 2 is 2.14 bits per heavy atom. The number of aryl methyl sites for hydroxylation is 1. The molecule has 0 unspecified atom stereocenters. The van der Waals surface area contributed by atoms with Crippen LogP contribution in [0.4, 0.5) is 13.2 Å². The Hall–Kier alpha value is -1.83. The summed E-state index contributed by atoms with van der Waals surface area (Å²) >= 11 is 0. The van der Waals surface area contributed by atoms with Gasteiger partial charge in [-0.15, -0.1) is 10.2 Å². The average molecular weight is 313 g/mol. The van der Waals surface area contributed by atoms with Crippen LogP contribution < -0.4 is 5.32 Å². The van der Waals surface area contributed by atoms with Gasteiger partial charge in [-0.2, -0.15) is 13.2 Å². The summed E-state index contributed by atoms with van der Waals surface area (Å²) in [5, 5.41) is 10.9. The zero-order valence-electron chi connectivity index (χ0n) is 12.3. The van der Waals surface area contributed by atoms with E-state index in [1.54, 1.807) is 4.57 Å². The van der Waals surface area contributed by atoms with Crippen LogP contribution in [0.3, 0.4) is 0 Å². The Morgan fingerprint density at radius 3 is 2.82 bits per heavy atom. The van der Waals surface area contributed by atoms with Crippen LogP contribution in [-0.2, 0) is 26.7 Å². The first-order valence-electron chi connectivity index (χ1n) is 7.26. The van der Waals surface area contributed by atoms with Crippen LogP contribution in [0.5, 0.6) is 0 Å². The maximum absolute atomic E-state index is 13.0. The molecule has 0 aliphatic carbocycles. The van der Waals surface area contributed by atoms with E-state index in [4.69, 9.17) is 0 Å². The Balaban J connectivity index is 1.69. The summed E-state index contributed by atoms with van der Waals surface area (Å²) in [5.41, 5.74) is 1.10. The van der Waals surface area contributed by atoms with E-state index in [0.29, 0.717) is 31.9 Å². The molecule has 0 saturated heterocycles. The number of halogens is 3. The fourth-order valence-corrected chi connectivity index (χ4v) is 2.86. The van der Waals surface area contributed by atoms with Gasteiger partial charge in [0.25, 0.3) is 0 Å². The van der Waals surface area contributed by atoms with E-state index < -0.39 is 12.1 Å². The summed E-state index contributed by atoms with van der Waals surface area (Å²) in [6.07, 6.45) is -1.71. The minimum absolute atomic E-state index is 0.0504. The molecule has 1 N–H and O–H groups in total. The van der Waals surface area contributed by atoms with Crippen LogP contribution in [0, 0.1) is 0 Å². The molecule has 1 aliphatic heterocycles. The van der Waals surface area contributed by atoms with Gasteiger partial charge in [0.05, 0.1) is 6.54 Å². The van der Waals surface area contributed by atoms with Crippen molar-refractivity contribution in [1.82, 2.24) is 24.6 Å². The normalized spacial score (nSPS) is 18.5. The molecule has 8 heteroatoms. The number of hydrogen-bond acceptors (Lipinski definition) is 3. The van der Waals surface area contributed by atoms with Crippen molar-refractivity contribution in [1.29, 1.82) is 0 Å². The van der Waals surface area contributed by atoms with Gasteiger partial charge in [-0.05, 0) is 25.0 Å². The second-order valence-electron chi connectivity index (χ2n) is 5.58. The molecule has 0 fully saturated rings. The van der Waals surface area contributed by atoms with Gasteiger partial charge < -0.3 is 14.5 Å². The van der Waals surface area contributed by atoms with Gasteiger partial charge in [0.2, 0.25) is 0 Å². The summed E-state index contributed by atoms with van der Waals surface area (Å²) in [7, 11) is 1.95. The molecule has 5 nitrogen and oxygen atoms in total. The topological polar surface area (TPSA) is 47.7 Å². The number of fused-ring (bicyclic) bond motifs is 1. The van der Waals surface area contributed by atoms with E-state index in [-0.39, 0.29) is 12.2 Å². The minimum Gasteiger partial charge on any atom is -0.353 e. The van der Waals surface area contributed by atoms with Crippen LogP contribution in [0.1, 0.15) is 36.1 Å². The largest absolute Gasteiger partial charge is 0.398 e. The second-order valence-corrected chi connectivity index (χ2v) is 5.58. The first-order chi connectivity index (χ1) is 10.5. The lowest BCUT2D eigenvalue weighted by Gasteiger charge is -2.25. The lowest BCUT2D eigenvalue weighted by atomic mass is 9.98. The van der Waals surface area contributed by atoms with Crippen LogP contribution in [-0.4, -0.2) is 25.5 Å². The van der Waals surface area contributed by atoms with Gasteiger partial charge in [-0.3, -0.25) is 0 Å². The van der Waals surface area contributed by atoms with Gasteiger partial charge in [-0.1, -0.05) is 0 Å². The van der Waals surface area contributed by atoms with Gasteiger partial charge in [0, 0.05) is 32.0 Å². The fraction of sp³-hybridized carbons (Fsp3) is 0.571. The molecule has 1 aliphatic rings. The number of alkyl halides is 3. The van der Waals surface area contributed by atoms with E-state index in [1.165, 1.54) is 0 Å². The third-order valence-electron chi connectivity index (χ3n) is 4.08. The molecule has 3 rings (SSSR count). The predicted octanol–water partition coefficient (Wildman–Crippen LogP) is 2.35. The molecule has 3 heterocycles. The summed E-state index contributed by atoms with van der Waals surface area (Å²) in [6.45, 7) is 1.59. The molecule has 22 heavy (non-hydrogen) atoms. The minimum atomic E-state index is -4.25. The molecule has 0 amide bonds. The van der Waals surface area contributed by atoms with Crippen molar-refractivity contribution in [3.63, 3.8) is 0 Å². The third kappa shape index (κ3) is 2.87. The number of hydrogen-bond donors (Lipinski definition) is 1. The average Bonchev–Trinajstić information content (AvgIpc) is 3.05. The highest BCUT2D eigenvalue weighted by molar-refractivity contribution is 5.09. The first-order valence-corrected chi connectivity index (χ1v) is 7.26. The van der Waals surface area contributed by atoms with E-state index >= 15 is 0 Å². The lowest BCUT2D eigenvalue weighted by Crippen LogP contribution is -2.29. The molecule has 0 spiro atoms. The Bertz CT molecular complexity index is 643.